The average molecular weight is 234 g/mol. The van der Waals surface area contributed by atoms with Crippen LogP contribution in [-0.4, -0.2) is 26.3 Å². The van der Waals surface area contributed by atoms with Gasteiger partial charge < -0.3 is 15.4 Å². The van der Waals surface area contributed by atoms with E-state index in [4.69, 9.17) is 10.5 Å². The summed E-state index contributed by atoms with van der Waals surface area (Å²) in [5.41, 5.74) is 8.24. The molecule has 1 aliphatic rings. The molecule has 0 radical (unpaired) electrons. The Morgan fingerprint density at radius 2 is 2.12 bits per heavy atom. The largest absolute Gasteiger partial charge is 0.376 e. The van der Waals surface area contributed by atoms with Gasteiger partial charge in [-0.25, -0.2) is 0 Å². The summed E-state index contributed by atoms with van der Waals surface area (Å²) < 4.78 is 5.65. The van der Waals surface area contributed by atoms with Crippen molar-refractivity contribution in [2.75, 3.05) is 25.1 Å². The molecule has 0 bridgehead atoms. The minimum absolute atomic E-state index is 0.104. The topological polar surface area (TPSA) is 38.5 Å². The Labute approximate surface area is 104 Å². The molecule has 2 rings (SSSR count). The van der Waals surface area contributed by atoms with E-state index in [0.29, 0.717) is 6.10 Å². The van der Waals surface area contributed by atoms with Crippen LogP contribution in [0.4, 0.5) is 5.69 Å². The monoisotopic (exact) mass is 234 g/mol. The molecular weight excluding hydrogens is 212 g/mol. The van der Waals surface area contributed by atoms with Crippen molar-refractivity contribution in [3.05, 3.63) is 29.8 Å². The van der Waals surface area contributed by atoms with Crippen LogP contribution in [0.25, 0.3) is 0 Å². The minimum atomic E-state index is 0.104. The van der Waals surface area contributed by atoms with Crippen LogP contribution in [-0.2, 0) is 4.74 Å². The van der Waals surface area contributed by atoms with Gasteiger partial charge in [0.25, 0.3) is 0 Å². The Morgan fingerprint density at radius 1 is 1.41 bits per heavy atom. The van der Waals surface area contributed by atoms with Crippen LogP contribution in [0.5, 0.6) is 0 Å². The number of hydrogen-bond acceptors (Lipinski definition) is 3. The van der Waals surface area contributed by atoms with Gasteiger partial charge in [-0.05, 0) is 37.5 Å². The van der Waals surface area contributed by atoms with Gasteiger partial charge in [0.2, 0.25) is 0 Å². The SMILES string of the molecule is C[C@H](N)c1ccc(N(C)CC2CCCO2)cc1. The van der Waals surface area contributed by atoms with Crippen molar-refractivity contribution < 1.29 is 4.74 Å². The first kappa shape index (κ1) is 12.4. The van der Waals surface area contributed by atoms with E-state index in [1.807, 2.05) is 6.92 Å². The number of anilines is 1. The fourth-order valence-corrected chi connectivity index (χ4v) is 2.23. The number of nitrogens with zero attached hydrogens (tertiary/aromatic N) is 1. The second-order valence-electron chi connectivity index (χ2n) is 4.90. The maximum atomic E-state index is 5.84. The van der Waals surface area contributed by atoms with Crippen molar-refractivity contribution in [3.63, 3.8) is 0 Å². The Hall–Kier alpha value is -1.06. The van der Waals surface area contributed by atoms with E-state index in [2.05, 4.69) is 36.2 Å². The quantitative estimate of drug-likeness (QED) is 0.869. The highest BCUT2D eigenvalue weighted by atomic mass is 16.5. The number of hydrogen-bond donors (Lipinski definition) is 1. The van der Waals surface area contributed by atoms with E-state index < -0.39 is 0 Å². The molecule has 1 aromatic carbocycles. The molecule has 2 N–H and O–H groups in total. The highest BCUT2D eigenvalue weighted by molar-refractivity contribution is 5.47. The summed E-state index contributed by atoms with van der Waals surface area (Å²) in [6, 6.07) is 8.58. The lowest BCUT2D eigenvalue weighted by atomic mass is 10.1. The van der Waals surface area contributed by atoms with Crippen molar-refractivity contribution in [1.29, 1.82) is 0 Å². The number of rotatable bonds is 4. The van der Waals surface area contributed by atoms with Crippen LogP contribution in [0.3, 0.4) is 0 Å². The molecule has 0 aliphatic carbocycles. The molecule has 94 valence electrons. The Kier molecular flexibility index (Phi) is 4.02. The molecule has 1 heterocycles. The Morgan fingerprint density at radius 3 is 2.65 bits per heavy atom. The van der Waals surface area contributed by atoms with Gasteiger partial charge in [-0.1, -0.05) is 12.1 Å². The van der Waals surface area contributed by atoms with Gasteiger partial charge in [-0.2, -0.15) is 0 Å². The number of likely N-dealkylation sites (N-methyl/N-ethyl adjacent to an activating group) is 1. The second kappa shape index (κ2) is 5.52. The fourth-order valence-electron chi connectivity index (χ4n) is 2.23. The van der Waals surface area contributed by atoms with Gasteiger partial charge >= 0.3 is 0 Å². The van der Waals surface area contributed by atoms with E-state index in [9.17, 15) is 0 Å². The summed E-state index contributed by atoms with van der Waals surface area (Å²) in [6.07, 6.45) is 2.78. The number of benzene rings is 1. The molecule has 2 atom stereocenters. The molecule has 0 amide bonds. The smallest absolute Gasteiger partial charge is 0.0750 e. The lowest BCUT2D eigenvalue weighted by Gasteiger charge is -2.23. The highest BCUT2D eigenvalue weighted by Crippen LogP contribution is 2.20. The molecule has 1 unspecified atom stereocenters. The molecule has 1 aliphatic heterocycles. The third-order valence-corrected chi connectivity index (χ3v) is 3.36. The van der Waals surface area contributed by atoms with E-state index in [0.717, 1.165) is 13.2 Å². The lowest BCUT2D eigenvalue weighted by molar-refractivity contribution is 0.116. The van der Waals surface area contributed by atoms with Crippen LogP contribution in [0.2, 0.25) is 0 Å². The van der Waals surface area contributed by atoms with Gasteiger partial charge in [0, 0.05) is 31.9 Å². The van der Waals surface area contributed by atoms with Gasteiger partial charge in [0.1, 0.15) is 0 Å². The highest BCUT2D eigenvalue weighted by Gasteiger charge is 2.17. The first-order valence-electron chi connectivity index (χ1n) is 6.35. The van der Waals surface area contributed by atoms with Crippen LogP contribution in [0.15, 0.2) is 24.3 Å². The third kappa shape index (κ3) is 3.20. The van der Waals surface area contributed by atoms with Crippen LogP contribution < -0.4 is 10.6 Å². The summed E-state index contributed by atoms with van der Waals surface area (Å²) >= 11 is 0. The molecule has 1 saturated heterocycles. The maximum absolute atomic E-state index is 5.84. The van der Waals surface area contributed by atoms with Crippen molar-refractivity contribution in [2.24, 2.45) is 5.73 Å². The summed E-state index contributed by atoms with van der Waals surface area (Å²) in [4.78, 5) is 2.25. The molecular formula is C14H22N2O. The predicted molar refractivity (Wildman–Crippen MR) is 71.3 cm³/mol. The zero-order valence-electron chi connectivity index (χ0n) is 10.7. The standard InChI is InChI=1S/C14H22N2O/c1-11(15)12-5-7-13(8-6-12)16(2)10-14-4-3-9-17-14/h5-8,11,14H,3-4,9-10,15H2,1-2H3/t11-,14?/m0/s1. The number of ether oxygens (including phenoxy) is 1. The summed E-state index contributed by atoms with van der Waals surface area (Å²) in [5.74, 6) is 0. The van der Waals surface area contributed by atoms with Gasteiger partial charge in [-0.3, -0.25) is 0 Å². The Bertz CT molecular complexity index is 342. The van der Waals surface area contributed by atoms with Crippen LogP contribution in [0.1, 0.15) is 31.4 Å². The van der Waals surface area contributed by atoms with E-state index >= 15 is 0 Å². The molecule has 3 heteroatoms. The number of nitrogens with two attached hydrogens (primary N) is 1. The molecule has 1 aromatic rings. The first-order valence-corrected chi connectivity index (χ1v) is 6.35. The summed E-state index contributed by atoms with van der Waals surface area (Å²) in [7, 11) is 2.11. The zero-order chi connectivity index (χ0) is 12.3. The van der Waals surface area contributed by atoms with Gasteiger partial charge in [0.05, 0.1) is 6.10 Å². The van der Waals surface area contributed by atoms with Crippen molar-refractivity contribution in [1.82, 2.24) is 0 Å². The van der Waals surface area contributed by atoms with Gasteiger partial charge in [-0.15, -0.1) is 0 Å². The lowest BCUT2D eigenvalue weighted by Crippen LogP contribution is -2.28. The van der Waals surface area contributed by atoms with Gasteiger partial charge in [0.15, 0.2) is 0 Å². The normalized spacial score (nSPS) is 21.5. The molecule has 1 fully saturated rings. The minimum Gasteiger partial charge on any atom is -0.376 e. The van der Waals surface area contributed by atoms with E-state index in [-0.39, 0.29) is 6.04 Å². The van der Waals surface area contributed by atoms with Crippen LogP contribution in [0, 0.1) is 0 Å². The summed E-state index contributed by atoms with van der Waals surface area (Å²) in [5, 5.41) is 0. The van der Waals surface area contributed by atoms with E-state index in [1.54, 1.807) is 0 Å². The molecule has 0 spiro atoms. The third-order valence-electron chi connectivity index (χ3n) is 3.36. The first-order chi connectivity index (χ1) is 8.16. The Balaban J connectivity index is 1.96. The molecule has 17 heavy (non-hydrogen) atoms. The van der Waals surface area contributed by atoms with E-state index in [1.165, 1.54) is 24.1 Å². The fraction of sp³-hybridized carbons (Fsp3) is 0.571. The van der Waals surface area contributed by atoms with Crippen LogP contribution >= 0.6 is 0 Å². The average Bonchev–Trinajstić information content (AvgIpc) is 2.82. The van der Waals surface area contributed by atoms with Crippen molar-refractivity contribution in [2.45, 2.75) is 31.9 Å². The van der Waals surface area contributed by atoms with Crippen molar-refractivity contribution in [3.8, 4) is 0 Å². The molecule has 0 saturated carbocycles. The van der Waals surface area contributed by atoms with Crippen molar-refractivity contribution >= 4 is 5.69 Å². The molecule has 3 nitrogen and oxygen atoms in total. The molecule has 0 aromatic heterocycles. The maximum Gasteiger partial charge on any atom is 0.0750 e. The summed E-state index contributed by atoms with van der Waals surface area (Å²) in [6.45, 7) is 3.89. The zero-order valence-corrected chi connectivity index (χ0v) is 10.7. The second-order valence-corrected chi connectivity index (χ2v) is 4.90. The predicted octanol–water partition coefficient (Wildman–Crippen LogP) is 2.32.